The highest BCUT2D eigenvalue weighted by Crippen LogP contribution is 2.22. The summed E-state index contributed by atoms with van der Waals surface area (Å²) >= 11 is 0. The fourth-order valence-corrected chi connectivity index (χ4v) is 4.73. The van der Waals surface area contributed by atoms with Gasteiger partial charge >= 0.3 is 12.0 Å². The van der Waals surface area contributed by atoms with Crippen molar-refractivity contribution in [3.8, 4) is 12.3 Å². The Morgan fingerprint density at radius 3 is 2.18 bits per heavy atom. The van der Waals surface area contributed by atoms with E-state index in [1.165, 1.54) is 64.8 Å². The van der Waals surface area contributed by atoms with Crippen molar-refractivity contribution in [1.29, 1.82) is 0 Å². The summed E-state index contributed by atoms with van der Waals surface area (Å²) in [5.41, 5.74) is 5.14. The van der Waals surface area contributed by atoms with Crippen molar-refractivity contribution >= 4 is 29.2 Å². The third-order valence-electron chi connectivity index (χ3n) is 7.35. The number of carbonyl (C=O) groups is 2. The Balaban J connectivity index is 0.00000104. The number of nitrogen functional groups attached to an aromatic ring is 1. The predicted octanol–water partition coefficient (Wildman–Crippen LogP) is 6.43. The van der Waals surface area contributed by atoms with Crippen molar-refractivity contribution < 1.29 is 28.6 Å². The first-order valence-corrected chi connectivity index (χ1v) is 16.0. The number of nitrogens with zero attached hydrogens (tertiary/aromatic N) is 4. The van der Waals surface area contributed by atoms with Crippen molar-refractivity contribution in [2.45, 2.75) is 129 Å². The number of unbranched alkanes of at least 4 members (excludes halogenated alkanes) is 9. The number of aldehydes is 1. The number of aliphatic hydroxyl groups excluding tert-OH is 1. The Labute approximate surface area is 263 Å². The van der Waals surface area contributed by atoms with Crippen molar-refractivity contribution in [3.63, 3.8) is 0 Å². The molecule has 1 unspecified atom stereocenters. The van der Waals surface area contributed by atoms with E-state index in [1.807, 2.05) is 13.8 Å². The van der Waals surface area contributed by atoms with Crippen LogP contribution in [0.25, 0.3) is 11.2 Å². The number of methoxy groups -OCH3 is 1. The average molecular weight is 622 g/mol. The molecule has 2 rings (SSSR count). The lowest BCUT2D eigenvalue weighted by atomic mass is 9.98. The number of anilines is 1. The summed E-state index contributed by atoms with van der Waals surface area (Å²) in [6.07, 6.45) is 23.6. The molecule has 2 aromatic rings. The molecule has 0 aliphatic rings. The highest BCUT2D eigenvalue weighted by atomic mass is 19.1. The third-order valence-corrected chi connectivity index (χ3v) is 7.35. The fraction of sp³-hybridized carbons (Fsp3) is 0.727. The zero-order chi connectivity index (χ0) is 33.2. The molecule has 1 atom stereocenters. The van der Waals surface area contributed by atoms with Gasteiger partial charge in [0.1, 0.15) is 18.4 Å². The minimum Gasteiger partial charge on any atom is -0.461 e. The van der Waals surface area contributed by atoms with Gasteiger partial charge in [-0.15, -0.1) is 6.42 Å². The van der Waals surface area contributed by atoms with E-state index in [0.717, 1.165) is 51.9 Å². The molecule has 10 nitrogen and oxygen atoms in total. The number of rotatable bonds is 21. The minimum atomic E-state index is -1.12. The van der Waals surface area contributed by atoms with Crippen LogP contribution in [0.15, 0.2) is 6.33 Å². The van der Waals surface area contributed by atoms with Gasteiger partial charge in [0.15, 0.2) is 17.1 Å². The number of nitrogens with two attached hydrogens (primary N) is 1. The van der Waals surface area contributed by atoms with Crippen LogP contribution in [0.1, 0.15) is 117 Å². The number of aromatic nitrogens is 4. The number of hydrogen-bond acceptors (Lipinski definition) is 9. The maximum absolute atomic E-state index is 13.5. The zero-order valence-corrected chi connectivity index (χ0v) is 27.7. The number of hydrogen-bond donors (Lipinski definition) is 2. The fourth-order valence-electron chi connectivity index (χ4n) is 4.73. The first kappa shape index (κ1) is 40.9. The Bertz CT molecular complexity index is 1080. The molecule has 0 radical (unpaired) electrons. The smallest absolute Gasteiger partial charge is 0.312 e. The number of terminal acetylenes is 1. The summed E-state index contributed by atoms with van der Waals surface area (Å²) in [6.45, 7) is 6.56. The molecule has 2 aromatic heterocycles. The van der Waals surface area contributed by atoms with Gasteiger partial charge < -0.3 is 29.7 Å². The minimum absolute atomic E-state index is 0.0342. The lowest BCUT2D eigenvalue weighted by molar-refractivity contribution is -0.156. The SMILES string of the molecule is C#CC(CCn1cnc2c(N)nc(F)nc21)(COC(=O)C(CCC)CCC)OC.CCCCCCCCCCCC=O.CO. The Kier molecular flexibility index (Phi) is 23.5. The first-order chi connectivity index (χ1) is 21.3. The summed E-state index contributed by atoms with van der Waals surface area (Å²) in [5, 5.41) is 7.00. The van der Waals surface area contributed by atoms with Gasteiger partial charge in [-0.1, -0.05) is 90.9 Å². The van der Waals surface area contributed by atoms with Crippen molar-refractivity contribution in [3.05, 3.63) is 12.4 Å². The van der Waals surface area contributed by atoms with Crippen molar-refractivity contribution in [2.24, 2.45) is 5.92 Å². The Morgan fingerprint density at radius 2 is 1.66 bits per heavy atom. The summed E-state index contributed by atoms with van der Waals surface area (Å²) in [5.74, 6) is 2.15. The highest BCUT2D eigenvalue weighted by Gasteiger charge is 2.31. The van der Waals surface area contributed by atoms with Gasteiger partial charge in [0.05, 0.1) is 12.2 Å². The monoisotopic (exact) mass is 621 g/mol. The van der Waals surface area contributed by atoms with E-state index in [0.29, 0.717) is 18.5 Å². The van der Waals surface area contributed by atoms with Gasteiger partial charge in [0.2, 0.25) is 0 Å². The molecule has 3 N–H and O–H groups in total. The molecule has 250 valence electrons. The number of ether oxygens (including phenoxy) is 2. The second-order valence-corrected chi connectivity index (χ2v) is 10.7. The Hall–Kier alpha value is -3.10. The molecule has 0 bridgehead atoms. The quantitative estimate of drug-likeness (QED) is 0.0530. The van der Waals surface area contributed by atoms with Gasteiger partial charge in [0, 0.05) is 33.6 Å². The van der Waals surface area contributed by atoms with Crippen molar-refractivity contribution in [1.82, 2.24) is 19.5 Å². The van der Waals surface area contributed by atoms with Crippen LogP contribution in [0.5, 0.6) is 0 Å². The number of carbonyl (C=O) groups excluding carboxylic acids is 2. The molecule has 11 heteroatoms. The number of aryl methyl sites for hydroxylation is 1. The molecule has 0 saturated carbocycles. The van der Waals surface area contributed by atoms with E-state index in [9.17, 15) is 14.0 Å². The molecule has 0 saturated heterocycles. The second kappa shape index (κ2) is 25.2. The van der Waals surface area contributed by atoms with E-state index in [1.54, 1.807) is 4.57 Å². The molecule has 2 heterocycles. The molecule has 0 spiro atoms. The number of fused-ring (bicyclic) bond motifs is 1. The summed E-state index contributed by atoms with van der Waals surface area (Å²) in [6, 6.07) is 0. The zero-order valence-electron chi connectivity index (χ0n) is 27.7. The van der Waals surface area contributed by atoms with Crippen molar-refractivity contribution in [2.75, 3.05) is 26.6 Å². The normalized spacial score (nSPS) is 12.0. The largest absolute Gasteiger partial charge is 0.461 e. The van der Waals surface area contributed by atoms with Crippen LogP contribution in [0.4, 0.5) is 10.2 Å². The molecule has 0 aromatic carbocycles. The second-order valence-electron chi connectivity index (χ2n) is 10.7. The summed E-state index contributed by atoms with van der Waals surface area (Å²) in [7, 11) is 2.47. The number of imidazole rings is 1. The number of esters is 1. The van der Waals surface area contributed by atoms with Crippen LogP contribution in [0.3, 0.4) is 0 Å². The average Bonchev–Trinajstić information content (AvgIpc) is 3.45. The van der Waals surface area contributed by atoms with Gasteiger partial charge in [0.25, 0.3) is 0 Å². The van der Waals surface area contributed by atoms with Crippen LogP contribution in [-0.2, 0) is 25.6 Å². The third kappa shape index (κ3) is 15.6. The lowest BCUT2D eigenvalue weighted by Crippen LogP contribution is -2.38. The van der Waals surface area contributed by atoms with Gasteiger partial charge in [-0.25, -0.2) is 4.98 Å². The first-order valence-electron chi connectivity index (χ1n) is 16.0. The van der Waals surface area contributed by atoms with E-state index in [-0.39, 0.29) is 30.0 Å². The number of aliphatic hydroxyl groups is 1. The van der Waals surface area contributed by atoms with Crippen LogP contribution < -0.4 is 5.73 Å². The molecule has 0 amide bonds. The van der Waals surface area contributed by atoms with E-state index in [2.05, 4.69) is 27.8 Å². The molecular weight excluding hydrogens is 565 g/mol. The van der Waals surface area contributed by atoms with Crippen LogP contribution in [0.2, 0.25) is 0 Å². The standard InChI is InChI=1S/C20H28FN5O3.C12H24O.CH4O/c1-5-8-14(9-6-2)18(27)29-12-20(7-3,28-4)10-11-26-13-23-15-16(22)24-19(21)25-17(15)26;1-2-3-4-5-6-7-8-9-10-11-12-13;1-2/h3,13-14H,5-6,8-12H2,1-2,4H3,(H2,22,24,25);12H,2-11H2,1H3;2H,1H3. The topological polar surface area (TPSA) is 142 Å². The molecule has 44 heavy (non-hydrogen) atoms. The van der Waals surface area contributed by atoms with Crippen LogP contribution in [-0.4, -0.2) is 63.3 Å². The van der Waals surface area contributed by atoms with Gasteiger partial charge in [-0.3, -0.25) is 4.79 Å². The maximum atomic E-state index is 13.5. The van der Waals surface area contributed by atoms with Crippen LogP contribution >= 0.6 is 0 Å². The van der Waals surface area contributed by atoms with E-state index >= 15 is 0 Å². The highest BCUT2D eigenvalue weighted by molar-refractivity contribution is 5.81. The van der Waals surface area contributed by atoms with E-state index < -0.39 is 11.7 Å². The number of halogens is 1. The Morgan fingerprint density at radius 1 is 1.07 bits per heavy atom. The summed E-state index contributed by atoms with van der Waals surface area (Å²) in [4.78, 5) is 33.8. The molecule has 0 aliphatic heterocycles. The van der Waals surface area contributed by atoms with Gasteiger partial charge in [-0.05, 0) is 19.3 Å². The maximum Gasteiger partial charge on any atom is 0.312 e. The molecular formula is C33H56FN5O5. The molecule has 0 fully saturated rings. The van der Waals surface area contributed by atoms with E-state index in [4.69, 9.17) is 26.7 Å². The van der Waals surface area contributed by atoms with Crippen LogP contribution in [0, 0.1) is 24.3 Å². The summed E-state index contributed by atoms with van der Waals surface area (Å²) < 4.78 is 26.2. The van der Waals surface area contributed by atoms with Gasteiger partial charge in [-0.2, -0.15) is 14.4 Å². The predicted molar refractivity (Wildman–Crippen MR) is 173 cm³/mol. The lowest BCUT2D eigenvalue weighted by Gasteiger charge is -2.27. The molecule has 0 aliphatic carbocycles.